The van der Waals surface area contributed by atoms with Crippen LogP contribution in [0.2, 0.25) is 5.02 Å². The number of aryl methyl sites for hydroxylation is 1. The molecule has 3 aromatic heterocycles. The van der Waals surface area contributed by atoms with Crippen molar-refractivity contribution in [1.29, 1.82) is 0 Å². The summed E-state index contributed by atoms with van der Waals surface area (Å²) in [6, 6.07) is 14.1. The van der Waals surface area contributed by atoms with E-state index in [1.165, 1.54) is 29.1 Å². The van der Waals surface area contributed by atoms with Gasteiger partial charge in [0.25, 0.3) is 5.91 Å². The molecule has 1 N–H and O–H groups in total. The fourth-order valence-electron chi connectivity index (χ4n) is 4.52. The molecule has 5 nitrogen and oxygen atoms in total. The summed E-state index contributed by atoms with van der Waals surface area (Å²) < 4.78 is 1.84. The average molecular weight is 485 g/mol. The number of likely N-dealkylation sites (tertiary alicyclic amines) is 1. The average Bonchev–Trinajstić information content (AvgIpc) is 3.56. The van der Waals surface area contributed by atoms with Gasteiger partial charge in [0.05, 0.1) is 27.3 Å². The summed E-state index contributed by atoms with van der Waals surface area (Å²) >= 11 is 9.63. The summed E-state index contributed by atoms with van der Waals surface area (Å²) in [5.41, 5.74) is 1.71. The highest BCUT2D eigenvalue weighted by molar-refractivity contribution is 7.20. The molecule has 1 fully saturated rings. The Kier molecular flexibility index (Phi) is 6.07. The van der Waals surface area contributed by atoms with Crippen LogP contribution >= 0.6 is 34.3 Å². The molecule has 0 spiro atoms. The lowest BCUT2D eigenvalue weighted by Crippen LogP contribution is -2.43. The molecule has 1 aliphatic rings. The molecule has 32 heavy (non-hydrogen) atoms. The van der Waals surface area contributed by atoms with Crippen molar-refractivity contribution in [3.63, 3.8) is 0 Å². The van der Waals surface area contributed by atoms with Crippen molar-refractivity contribution in [2.24, 2.45) is 0 Å². The third-order valence-electron chi connectivity index (χ3n) is 6.05. The first-order valence-corrected chi connectivity index (χ1v) is 12.9. The second-order valence-corrected chi connectivity index (χ2v) is 10.7. The minimum atomic E-state index is -0.0374. The zero-order valence-electron chi connectivity index (χ0n) is 18.0. The summed E-state index contributed by atoms with van der Waals surface area (Å²) in [5, 5.41) is 11.7. The minimum absolute atomic E-state index is 0.00521. The SMILES string of the molecule is Cc1nn(-c2ccccc2Cl)c2sc(C(=O)N[C@H](C)[C@H](c3cccs3)N3CCCC3)cc12. The molecule has 0 aliphatic carbocycles. The number of carbonyl (C=O) groups excluding carboxylic acids is 1. The normalized spacial score (nSPS) is 16.5. The lowest BCUT2D eigenvalue weighted by molar-refractivity contribution is 0.0912. The van der Waals surface area contributed by atoms with E-state index < -0.39 is 0 Å². The van der Waals surface area contributed by atoms with Crippen LogP contribution in [-0.4, -0.2) is 39.7 Å². The fourth-order valence-corrected chi connectivity index (χ4v) is 6.78. The van der Waals surface area contributed by atoms with Crippen LogP contribution in [0.3, 0.4) is 0 Å². The zero-order chi connectivity index (χ0) is 22.2. The van der Waals surface area contributed by atoms with E-state index in [-0.39, 0.29) is 18.0 Å². The van der Waals surface area contributed by atoms with Crippen LogP contribution in [0, 0.1) is 6.92 Å². The molecule has 0 saturated carbocycles. The van der Waals surface area contributed by atoms with Crippen LogP contribution in [0.25, 0.3) is 15.9 Å². The largest absolute Gasteiger partial charge is 0.347 e. The highest BCUT2D eigenvalue weighted by Crippen LogP contribution is 2.34. The smallest absolute Gasteiger partial charge is 0.261 e. The van der Waals surface area contributed by atoms with E-state index >= 15 is 0 Å². The van der Waals surface area contributed by atoms with Crippen LogP contribution < -0.4 is 5.32 Å². The van der Waals surface area contributed by atoms with Crippen molar-refractivity contribution in [1.82, 2.24) is 20.0 Å². The van der Waals surface area contributed by atoms with Gasteiger partial charge in [-0.2, -0.15) is 5.10 Å². The van der Waals surface area contributed by atoms with Gasteiger partial charge in [0.2, 0.25) is 0 Å². The Morgan fingerprint density at radius 2 is 1.97 bits per heavy atom. The number of carbonyl (C=O) groups is 1. The van der Waals surface area contributed by atoms with Crippen LogP contribution in [0.4, 0.5) is 0 Å². The summed E-state index contributed by atoms with van der Waals surface area (Å²) in [4.78, 5) is 18.7. The molecule has 166 valence electrons. The van der Waals surface area contributed by atoms with Crippen molar-refractivity contribution in [2.45, 2.75) is 38.8 Å². The summed E-state index contributed by atoms with van der Waals surface area (Å²) in [6.45, 7) is 6.24. The quantitative estimate of drug-likeness (QED) is 0.361. The van der Waals surface area contributed by atoms with Crippen molar-refractivity contribution in [3.05, 3.63) is 68.3 Å². The Morgan fingerprint density at radius 3 is 2.69 bits per heavy atom. The van der Waals surface area contributed by atoms with E-state index in [1.807, 2.05) is 41.9 Å². The number of nitrogens with one attached hydrogen (secondary N) is 1. The first-order valence-electron chi connectivity index (χ1n) is 10.9. The molecule has 1 saturated heterocycles. The number of fused-ring (bicyclic) bond motifs is 1. The molecule has 5 rings (SSSR count). The molecule has 1 amide bonds. The third kappa shape index (κ3) is 3.99. The molecule has 0 unspecified atom stereocenters. The monoisotopic (exact) mass is 484 g/mol. The predicted octanol–water partition coefficient (Wildman–Crippen LogP) is 6.07. The van der Waals surface area contributed by atoms with E-state index in [9.17, 15) is 4.79 Å². The van der Waals surface area contributed by atoms with E-state index in [4.69, 9.17) is 11.6 Å². The fraction of sp³-hybridized carbons (Fsp3) is 0.333. The van der Waals surface area contributed by atoms with Gasteiger partial charge in [-0.25, -0.2) is 4.68 Å². The molecule has 1 aliphatic heterocycles. The predicted molar refractivity (Wildman–Crippen MR) is 133 cm³/mol. The number of halogens is 1. The number of nitrogens with zero attached hydrogens (tertiary/aromatic N) is 3. The van der Waals surface area contributed by atoms with Crippen molar-refractivity contribution in [3.8, 4) is 5.69 Å². The number of rotatable bonds is 6. The number of aromatic nitrogens is 2. The molecule has 2 atom stereocenters. The standard InChI is InChI=1S/C24H25ClN4OS2/c1-15-17-14-21(32-24(17)29(27-15)19-9-4-3-8-18(19)25)23(30)26-16(2)22(20-10-7-13-31-20)28-11-5-6-12-28/h3-4,7-10,13-14,16,22H,5-6,11-12H2,1-2H3,(H,26,30)/t16-,22-/m1/s1. The van der Waals surface area contributed by atoms with E-state index in [0.717, 1.165) is 34.7 Å². The highest BCUT2D eigenvalue weighted by atomic mass is 35.5. The van der Waals surface area contributed by atoms with Gasteiger partial charge >= 0.3 is 0 Å². The maximum Gasteiger partial charge on any atom is 0.261 e. The van der Waals surface area contributed by atoms with Gasteiger partial charge in [0.1, 0.15) is 4.83 Å². The third-order valence-corrected chi connectivity index (χ3v) is 8.42. The van der Waals surface area contributed by atoms with Gasteiger partial charge in [-0.15, -0.1) is 22.7 Å². The number of para-hydroxylation sites is 1. The van der Waals surface area contributed by atoms with Crippen LogP contribution in [0.1, 0.15) is 46.0 Å². The van der Waals surface area contributed by atoms with E-state index in [1.54, 1.807) is 11.3 Å². The van der Waals surface area contributed by atoms with Gasteiger partial charge in [0.15, 0.2) is 0 Å². The zero-order valence-corrected chi connectivity index (χ0v) is 20.4. The molecule has 4 aromatic rings. The van der Waals surface area contributed by atoms with Gasteiger partial charge in [-0.1, -0.05) is 29.8 Å². The van der Waals surface area contributed by atoms with Gasteiger partial charge in [-0.05, 0) is 69.4 Å². The number of benzene rings is 1. The molecule has 8 heteroatoms. The van der Waals surface area contributed by atoms with Gasteiger partial charge in [0, 0.05) is 16.3 Å². The minimum Gasteiger partial charge on any atom is -0.347 e. The number of hydrogen-bond donors (Lipinski definition) is 1. The lowest BCUT2D eigenvalue weighted by Gasteiger charge is -2.32. The Balaban J connectivity index is 1.42. The second-order valence-electron chi connectivity index (χ2n) is 8.24. The van der Waals surface area contributed by atoms with Gasteiger partial charge < -0.3 is 5.32 Å². The Bertz CT molecular complexity index is 1240. The number of hydrogen-bond acceptors (Lipinski definition) is 5. The first-order chi connectivity index (χ1) is 15.5. The summed E-state index contributed by atoms with van der Waals surface area (Å²) in [7, 11) is 0. The Morgan fingerprint density at radius 1 is 1.19 bits per heavy atom. The van der Waals surface area contributed by atoms with E-state index in [2.05, 4.69) is 39.8 Å². The number of amides is 1. The molecule has 0 bridgehead atoms. The number of thiophene rings is 2. The molecular weight excluding hydrogens is 460 g/mol. The van der Waals surface area contributed by atoms with Crippen LogP contribution in [-0.2, 0) is 0 Å². The molecule has 0 radical (unpaired) electrons. The summed E-state index contributed by atoms with van der Waals surface area (Å²) in [5.74, 6) is -0.0374. The summed E-state index contributed by atoms with van der Waals surface area (Å²) in [6.07, 6.45) is 2.44. The van der Waals surface area contributed by atoms with Gasteiger partial charge in [-0.3, -0.25) is 9.69 Å². The maximum atomic E-state index is 13.3. The Hall–Kier alpha value is -2.19. The lowest BCUT2D eigenvalue weighted by atomic mass is 10.1. The van der Waals surface area contributed by atoms with Crippen LogP contribution in [0.5, 0.6) is 0 Å². The molecule has 1 aromatic carbocycles. The topological polar surface area (TPSA) is 50.2 Å². The second kappa shape index (κ2) is 8.98. The van der Waals surface area contributed by atoms with Crippen molar-refractivity contribution in [2.75, 3.05) is 13.1 Å². The van der Waals surface area contributed by atoms with Crippen molar-refractivity contribution >= 4 is 50.4 Å². The molecule has 4 heterocycles. The first kappa shape index (κ1) is 21.6. The van der Waals surface area contributed by atoms with Crippen LogP contribution in [0.15, 0.2) is 47.8 Å². The van der Waals surface area contributed by atoms with Crippen molar-refractivity contribution < 1.29 is 4.79 Å². The Labute approximate surface area is 200 Å². The maximum absolute atomic E-state index is 13.3. The van der Waals surface area contributed by atoms with E-state index in [0.29, 0.717) is 9.90 Å². The highest BCUT2D eigenvalue weighted by Gasteiger charge is 2.30. The molecular formula is C24H25ClN4OS2.